The zero-order valence-electron chi connectivity index (χ0n) is 8.90. The Balaban J connectivity index is 1.88. The Labute approximate surface area is 84.8 Å². The summed E-state index contributed by atoms with van der Waals surface area (Å²) in [6, 6.07) is 0. The predicted octanol–water partition coefficient (Wildman–Crippen LogP) is -0.347. The Bertz CT molecular complexity index is 218. The highest BCUT2D eigenvalue weighted by Gasteiger charge is 2.39. The molecule has 14 heavy (non-hydrogen) atoms. The molecule has 2 aliphatic heterocycles. The topological polar surface area (TPSA) is 32.8 Å². The van der Waals surface area contributed by atoms with E-state index in [0.717, 1.165) is 26.2 Å². The molecule has 0 aromatic rings. The average molecular weight is 198 g/mol. The standard InChI is InChI=1S/C10H18N2O2/c1-11-3-8-5-12(6-9(8)4-11)10(13)7-14-2/h8-9H,3-7H2,1-2H3/t8-,9-/m0/s1. The maximum absolute atomic E-state index is 11.5. The monoisotopic (exact) mass is 198 g/mol. The summed E-state index contributed by atoms with van der Waals surface area (Å²) in [4.78, 5) is 15.9. The third-order valence-corrected chi connectivity index (χ3v) is 3.29. The van der Waals surface area contributed by atoms with Gasteiger partial charge in [0.2, 0.25) is 5.91 Å². The van der Waals surface area contributed by atoms with Crippen LogP contribution in [0, 0.1) is 11.8 Å². The second-order valence-corrected chi connectivity index (χ2v) is 4.47. The van der Waals surface area contributed by atoms with Gasteiger partial charge in [0.15, 0.2) is 0 Å². The highest BCUT2D eigenvalue weighted by molar-refractivity contribution is 5.77. The van der Waals surface area contributed by atoms with E-state index in [1.807, 2.05) is 4.90 Å². The number of nitrogens with zero attached hydrogens (tertiary/aromatic N) is 2. The molecule has 2 heterocycles. The van der Waals surface area contributed by atoms with Crippen LogP contribution in [0.1, 0.15) is 0 Å². The van der Waals surface area contributed by atoms with Crippen LogP contribution in [0.3, 0.4) is 0 Å². The quantitative estimate of drug-likeness (QED) is 0.608. The van der Waals surface area contributed by atoms with Crippen molar-refractivity contribution in [3.63, 3.8) is 0 Å². The number of ether oxygens (including phenoxy) is 1. The predicted molar refractivity (Wildman–Crippen MR) is 52.9 cm³/mol. The van der Waals surface area contributed by atoms with Gasteiger partial charge in [0, 0.05) is 33.3 Å². The lowest BCUT2D eigenvalue weighted by Gasteiger charge is -2.18. The van der Waals surface area contributed by atoms with Crippen molar-refractivity contribution >= 4 is 5.91 Å². The molecule has 2 fully saturated rings. The maximum Gasteiger partial charge on any atom is 0.248 e. The van der Waals surface area contributed by atoms with Crippen molar-refractivity contribution in [1.29, 1.82) is 0 Å². The van der Waals surface area contributed by atoms with E-state index in [0.29, 0.717) is 11.8 Å². The third kappa shape index (κ3) is 1.77. The van der Waals surface area contributed by atoms with Crippen molar-refractivity contribution in [1.82, 2.24) is 9.80 Å². The largest absolute Gasteiger partial charge is 0.375 e. The molecular formula is C10H18N2O2. The van der Waals surface area contributed by atoms with E-state index in [1.54, 1.807) is 7.11 Å². The van der Waals surface area contributed by atoms with Gasteiger partial charge >= 0.3 is 0 Å². The summed E-state index contributed by atoms with van der Waals surface area (Å²) in [6.07, 6.45) is 0. The summed E-state index contributed by atoms with van der Waals surface area (Å²) in [7, 11) is 3.72. The van der Waals surface area contributed by atoms with Crippen molar-refractivity contribution in [2.45, 2.75) is 0 Å². The van der Waals surface area contributed by atoms with Crippen LogP contribution >= 0.6 is 0 Å². The number of carbonyl (C=O) groups excluding carboxylic acids is 1. The van der Waals surface area contributed by atoms with Gasteiger partial charge in [-0.2, -0.15) is 0 Å². The van der Waals surface area contributed by atoms with Gasteiger partial charge in [-0.1, -0.05) is 0 Å². The minimum Gasteiger partial charge on any atom is -0.375 e. The van der Waals surface area contributed by atoms with E-state index < -0.39 is 0 Å². The molecule has 0 aromatic heterocycles. The lowest BCUT2D eigenvalue weighted by molar-refractivity contribution is -0.134. The summed E-state index contributed by atoms with van der Waals surface area (Å²) in [5, 5.41) is 0. The van der Waals surface area contributed by atoms with Gasteiger partial charge in [-0.05, 0) is 18.9 Å². The zero-order chi connectivity index (χ0) is 10.1. The molecular weight excluding hydrogens is 180 g/mol. The van der Waals surface area contributed by atoms with Crippen molar-refractivity contribution in [2.24, 2.45) is 11.8 Å². The molecule has 2 atom stereocenters. The number of hydrogen-bond donors (Lipinski definition) is 0. The van der Waals surface area contributed by atoms with E-state index in [2.05, 4.69) is 11.9 Å². The maximum atomic E-state index is 11.5. The van der Waals surface area contributed by atoms with Crippen LogP contribution in [0.5, 0.6) is 0 Å². The summed E-state index contributed by atoms with van der Waals surface area (Å²) >= 11 is 0. The molecule has 0 N–H and O–H groups in total. The lowest BCUT2D eigenvalue weighted by atomic mass is 10.0. The van der Waals surface area contributed by atoms with Crippen LogP contribution in [0.15, 0.2) is 0 Å². The first-order chi connectivity index (χ1) is 6.70. The van der Waals surface area contributed by atoms with Gasteiger partial charge in [0.05, 0.1) is 0 Å². The molecule has 0 bridgehead atoms. The Hall–Kier alpha value is -0.610. The molecule has 2 rings (SSSR count). The molecule has 2 aliphatic rings. The first-order valence-corrected chi connectivity index (χ1v) is 5.16. The van der Waals surface area contributed by atoms with Gasteiger partial charge in [-0.25, -0.2) is 0 Å². The van der Waals surface area contributed by atoms with Crippen molar-refractivity contribution < 1.29 is 9.53 Å². The second-order valence-electron chi connectivity index (χ2n) is 4.47. The van der Waals surface area contributed by atoms with E-state index >= 15 is 0 Å². The second kappa shape index (κ2) is 3.87. The Morgan fingerprint density at radius 2 is 1.86 bits per heavy atom. The molecule has 0 saturated carbocycles. The van der Waals surface area contributed by atoms with Crippen molar-refractivity contribution in [2.75, 3.05) is 46.9 Å². The first kappa shape index (κ1) is 9.93. The normalized spacial score (nSPS) is 32.3. The number of carbonyl (C=O) groups is 1. The number of methoxy groups -OCH3 is 1. The lowest BCUT2D eigenvalue weighted by Crippen LogP contribution is -2.34. The van der Waals surface area contributed by atoms with Crippen LogP contribution in [0.2, 0.25) is 0 Å². The molecule has 0 radical (unpaired) electrons. The van der Waals surface area contributed by atoms with Gasteiger partial charge < -0.3 is 14.5 Å². The van der Waals surface area contributed by atoms with E-state index in [1.165, 1.54) is 0 Å². The highest BCUT2D eigenvalue weighted by Crippen LogP contribution is 2.29. The van der Waals surface area contributed by atoms with Crippen molar-refractivity contribution in [3.8, 4) is 0 Å². The Kier molecular flexibility index (Phi) is 2.74. The van der Waals surface area contributed by atoms with Gasteiger partial charge in [0.25, 0.3) is 0 Å². The van der Waals surface area contributed by atoms with Crippen LogP contribution < -0.4 is 0 Å². The third-order valence-electron chi connectivity index (χ3n) is 3.29. The summed E-state index contributed by atoms with van der Waals surface area (Å²) in [5.74, 6) is 1.53. The van der Waals surface area contributed by atoms with Crippen LogP contribution in [-0.4, -0.2) is 62.7 Å². The summed E-state index contributed by atoms with van der Waals surface area (Å²) in [6.45, 7) is 4.37. The highest BCUT2D eigenvalue weighted by atomic mass is 16.5. The van der Waals surface area contributed by atoms with Crippen LogP contribution in [-0.2, 0) is 9.53 Å². The zero-order valence-corrected chi connectivity index (χ0v) is 8.90. The molecule has 0 spiro atoms. The number of likely N-dealkylation sites (tertiary alicyclic amines) is 2. The number of amides is 1. The molecule has 4 nitrogen and oxygen atoms in total. The SMILES string of the molecule is COCC(=O)N1C[C@@H]2CN(C)C[C@H]2C1. The average Bonchev–Trinajstić information content (AvgIpc) is 2.61. The molecule has 0 unspecified atom stereocenters. The van der Waals surface area contributed by atoms with Crippen LogP contribution in [0.4, 0.5) is 0 Å². The van der Waals surface area contributed by atoms with Gasteiger partial charge in [-0.3, -0.25) is 4.79 Å². The molecule has 80 valence electrons. The minimum absolute atomic E-state index is 0.143. The fourth-order valence-electron chi connectivity index (χ4n) is 2.65. The number of rotatable bonds is 2. The molecule has 0 aliphatic carbocycles. The van der Waals surface area contributed by atoms with E-state index in [9.17, 15) is 4.79 Å². The fourth-order valence-corrected chi connectivity index (χ4v) is 2.65. The summed E-state index contributed by atoms with van der Waals surface area (Å²) in [5.41, 5.74) is 0. The molecule has 4 heteroatoms. The first-order valence-electron chi connectivity index (χ1n) is 5.16. The van der Waals surface area contributed by atoms with Crippen molar-refractivity contribution in [3.05, 3.63) is 0 Å². The van der Waals surface area contributed by atoms with E-state index in [-0.39, 0.29) is 12.5 Å². The number of fused-ring (bicyclic) bond motifs is 1. The smallest absolute Gasteiger partial charge is 0.248 e. The van der Waals surface area contributed by atoms with Gasteiger partial charge in [-0.15, -0.1) is 0 Å². The Morgan fingerprint density at radius 3 is 2.36 bits per heavy atom. The van der Waals surface area contributed by atoms with Crippen LogP contribution in [0.25, 0.3) is 0 Å². The molecule has 2 saturated heterocycles. The Morgan fingerprint density at radius 1 is 1.29 bits per heavy atom. The summed E-state index contributed by atoms with van der Waals surface area (Å²) < 4.78 is 4.86. The molecule has 0 aromatic carbocycles. The number of hydrogen-bond acceptors (Lipinski definition) is 3. The minimum atomic E-state index is 0.143. The van der Waals surface area contributed by atoms with E-state index in [4.69, 9.17) is 4.74 Å². The fraction of sp³-hybridized carbons (Fsp3) is 0.900. The molecule has 1 amide bonds. The van der Waals surface area contributed by atoms with Gasteiger partial charge in [0.1, 0.15) is 6.61 Å².